The van der Waals surface area contributed by atoms with Gasteiger partial charge >= 0.3 is 0 Å². The lowest BCUT2D eigenvalue weighted by Gasteiger charge is -2.39. The fourth-order valence-corrected chi connectivity index (χ4v) is 2.59. The molecular formula is C11H21NO. The lowest BCUT2D eigenvalue weighted by molar-refractivity contribution is 0.0511. The first kappa shape index (κ1) is 9.47. The van der Waals surface area contributed by atoms with Crippen LogP contribution in [0.15, 0.2) is 0 Å². The smallest absolute Gasteiger partial charge is 0.0570 e. The average Bonchev–Trinajstić information content (AvgIpc) is 2.06. The Morgan fingerprint density at radius 2 is 1.85 bits per heavy atom. The van der Waals surface area contributed by atoms with Crippen LogP contribution in [0.4, 0.5) is 0 Å². The Bertz CT molecular complexity index is 165. The average molecular weight is 183 g/mol. The van der Waals surface area contributed by atoms with Crippen LogP contribution in [0, 0.1) is 5.92 Å². The standard InChI is InChI=1S/C11H21NO/c1-8-4-2-3-5-11(8)12-9-6-10(13)7-9/h8-13H,2-7H2,1H3. The van der Waals surface area contributed by atoms with Gasteiger partial charge in [0.15, 0.2) is 0 Å². The van der Waals surface area contributed by atoms with Crippen molar-refractivity contribution in [3.63, 3.8) is 0 Å². The second-order valence-corrected chi connectivity index (χ2v) is 4.86. The maximum atomic E-state index is 9.17. The zero-order chi connectivity index (χ0) is 9.26. The molecule has 76 valence electrons. The highest BCUT2D eigenvalue weighted by molar-refractivity contribution is 4.89. The summed E-state index contributed by atoms with van der Waals surface area (Å²) in [4.78, 5) is 0. The van der Waals surface area contributed by atoms with Gasteiger partial charge in [-0.25, -0.2) is 0 Å². The van der Waals surface area contributed by atoms with Crippen LogP contribution < -0.4 is 5.32 Å². The minimum absolute atomic E-state index is 0.0172. The van der Waals surface area contributed by atoms with Gasteiger partial charge in [0.2, 0.25) is 0 Å². The van der Waals surface area contributed by atoms with Crippen molar-refractivity contribution in [3.8, 4) is 0 Å². The van der Waals surface area contributed by atoms with Crippen LogP contribution in [-0.2, 0) is 0 Å². The predicted octanol–water partition coefficient (Wildman–Crippen LogP) is 1.68. The molecule has 0 aromatic rings. The van der Waals surface area contributed by atoms with E-state index in [4.69, 9.17) is 0 Å². The largest absolute Gasteiger partial charge is 0.393 e. The van der Waals surface area contributed by atoms with Crippen molar-refractivity contribution in [1.82, 2.24) is 5.32 Å². The van der Waals surface area contributed by atoms with Crippen LogP contribution >= 0.6 is 0 Å². The number of rotatable bonds is 2. The van der Waals surface area contributed by atoms with Gasteiger partial charge in [0.25, 0.3) is 0 Å². The monoisotopic (exact) mass is 183 g/mol. The molecule has 0 heterocycles. The Balaban J connectivity index is 1.73. The van der Waals surface area contributed by atoms with E-state index in [-0.39, 0.29) is 6.10 Å². The molecule has 13 heavy (non-hydrogen) atoms. The van der Waals surface area contributed by atoms with Gasteiger partial charge < -0.3 is 10.4 Å². The second-order valence-electron chi connectivity index (χ2n) is 4.86. The molecule has 0 radical (unpaired) electrons. The molecular weight excluding hydrogens is 162 g/mol. The Kier molecular flexibility index (Phi) is 2.89. The topological polar surface area (TPSA) is 32.3 Å². The highest BCUT2D eigenvalue weighted by Crippen LogP contribution is 2.27. The van der Waals surface area contributed by atoms with Crippen molar-refractivity contribution >= 4 is 0 Å². The highest BCUT2D eigenvalue weighted by atomic mass is 16.3. The van der Waals surface area contributed by atoms with E-state index in [1.165, 1.54) is 25.7 Å². The van der Waals surface area contributed by atoms with Gasteiger partial charge in [-0.05, 0) is 31.6 Å². The van der Waals surface area contributed by atoms with Crippen LogP contribution in [0.1, 0.15) is 45.4 Å². The second kappa shape index (κ2) is 3.97. The van der Waals surface area contributed by atoms with Crippen LogP contribution in [0.2, 0.25) is 0 Å². The van der Waals surface area contributed by atoms with Crippen LogP contribution in [0.5, 0.6) is 0 Å². The molecule has 2 heteroatoms. The number of aliphatic hydroxyl groups excluding tert-OH is 1. The molecule has 2 aliphatic carbocycles. The van der Waals surface area contributed by atoms with Crippen molar-refractivity contribution in [2.75, 3.05) is 0 Å². The molecule has 2 atom stereocenters. The third-order valence-electron chi connectivity index (χ3n) is 3.67. The van der Waals surface area contributed by atoms with Crippen molar-refractivity contribution < 1.29 is 5.11 Å². The molecule has 2 saturated carbocycles. The van der Waals surface area contributed by atoms with Gasteiger partial charge in [-0.3, -0.25) is 0 Å². The van der Waals surface area contributed by atoms with E-state index in [1.807, 2.05) is 0 Å². The summed E-state index contributed by atoms with van der Waals surface area (Å²) in [6.45, 7) is 2.35. The maximum Gasteiger partial charge on any atom is 0.0570 e. The third kappa shape index (κ3) is 2.23. The third-order valence-corrected chi connectivity index (χ3v) is 3.67. The maximum absolute atomic E-state index is 9.17. The fourth-order valence-electron chi connectivity index (χ4n) is 2.59. The van der Waals surface area contributed by atoms with Crippen LogP contribution in [-0.4, -0.2) is 23.3 Å². The summed E-state index contributed by atoms with van der Waals surface area (Å²) in [5, 5.41) is 12.8. The molecule has 0 amide bonds. The van der Waals surface area contributed by atoms with E-state index in [1.54, 1.807) is 0 Å². The van der Waals surface area contributed by atoms with Crippen molar-refractivity contribution in [2.24, 2.45) is 5.92 Å². The van der Waals surface area contributed by atoms with Crippen molar-refractivity contribution in [1.29, 1.82) is 0 Å². The van der Waals surface area contributed by atoms with Gasteiger partial charge in [-0.1, -0.05) is 19.8 Å². The summed E-state index contributed by atoms with van der Waals surface area (Å²) in [5.74, 6) is 0.839. The number of nitrogens with one attached hydrogen (secondary N) is 1. The van der Waals surface area contributed by atoms with E-state index in [2.05, 4.69) is 12.2 Å². The molecule has 0 spiro atoms. The molecule has 0 bridgehead atoms. The van der Waals surface area contributed by atoms with Crippen LogP contribution in [0.3, 0.4) is 0 Å². The Morgan fingerprint density at radius 1 is 1.15 bits per heavy atom. The molecule has 0 aromatic heterocycles. The van der Waals surface area contributed by atoms with E-state index < -0.39 is 0 Å². The molecule has 2 N–H and O–H groups in total. The minimum atomic E-state index is -0.0172. The zero-order valence-corrected chi connectivity index (χ0v) is 8.50. The van der Waals surface area contributed by atoms with E-state index in [0.29, 0.717) is 6.04 Å². The SMILES string of the molecule is CC1CCCCC1NC1CC(O)C1. The molecule has 2 aliphatic rings. The normalized spacial score (nSPS) is 45.7. The van der Waals surface area contributed by atoms with Crippen molar-refractivity contribution in [2.45, 2.75) is 63.6 Å². The van der Waals surface area contributed by atoms with Gasteiger partial charge in [0.1, 0.15) is 0 Å². The number of hydrogen-bond acceptors (Lipinski definition) is 2. The zero-order valence-electron chi connectivity index (χ0n) is 8.50. The first-order valence-corrected chi connectivity index (χ1v) is 5.70. The predicted molar refractivity (Wildman–Crippen MR) is 53.6 cm³/mol. The molecule has 0 aliphatic heterocycles. The Hall–Kier alpha value is -0.0800. The summed E-state index contributed by atoms with van der Waals surface area (Å²) in [7, 11) is 0. The highest BCUT2D eigenvalue weighted by Gasteiger charge is 2.31. The quantitative estimate of drug-likeness (QED) is 0.682. The number of aliphatic hydroxyl groups is 1. The summed E-state index contributed by atoms with van der Waals surface area (Å²) in [6.07, 6.45) is 7.45. The molecule has 0 saturated heterocycles. The first-order valence-electron chi connectivity index (χ1n) is 5.70. The minimum Gasteiger partial charge on any atom is -0.393 e. The van der Waals surface area contributed by atoms with Gasteiger partial charge in [0, 0.05) is 12.1 Å². The van der Waals surface area contributed by atoms with E-state index in [0.717, 1.165) is 24.8 Å². The fraction of sp³-hybridized carbons (Fsp3) is 1.00. The summed E-state index contributed by atoms with van der Waals surface area (Å²) >= 11 is 0. The molecule has 2 rings (SSSR count). The summed E-state index contributed by atoms with van der Waals surface area (Å²) < 4.78 is 0. The summed E-state index contributed by atoms with van der Waals surface area (Å²) in [6, 6.07) is 1.34. The van der Waals surface area contributed by atoms with Crippen molar-refractivity contribution in [3.05, 3.63) is 0 Å². The molecule has 2 fully saturated rings. The van der Waals surface area contributed by atoms with Gasteiger partial charge in [-0.2, -0.15) is 0 Å². The Labute approximate surface area is 80.7 Å². The molecule has 2 unspecified atom stereocenters. The van der Waals surface area contributed by atoms with E-state index >= 15 is 0 Å². The lowest BCUT2D eigenvalue weighted by Crippen LogP contribution is -2.51. The molecule has 2 nitrogen and oxygen atoms in total. The van der Waals surface area contributed by atoms with Gasteiger partial charge in [0.05, 0.1) is 6.10 Å². The number of hydrogen-bond donors (Lipinski definition) is 2. The van der Waals surface area contributed by atoms with Crippen LogP contribution in [0.25, 0.3) is 0 Å². The molecule has 0 aromatic carbocycles. The lowest BCUT2D eigenvalue weighted by atomic mass is 9.82. The van der Waals surface area contributed by atoms with Gasteiger partial charge in [-0.15, -0.1) is 0 Å². The first-order chi connectivity index (χ1) is 6.25. The van der Waals surface area contributed by atoms with E-state index in [9.17, 15) is 5.11 Å². The Morgan fingerprint density at radius 3 is 2.46 bits per heavy atom. The summed E-state index contributed by atoms with van der Waals surface area (Å²) in [5.41, 5.74) is 0.